The fourth-order valence-corrected chi connectivity index (χ4v) is 2.22. The number of amides is 1. The molecular weight excluding hydrogens is 281 g/mol. The summed E-state index contributed by atoms with van der Waals surface area (Å²) in [5.74, 6) is 0.784. The number of halogens is 1. The number of rotatable bonds is 1. The first-order chi connectivity index (χ1) is 6.24. The molecule has 1 aliphatic rings. The Labute approximate surface area is 89.6 Å². The van der Waals surface area contributed by atoms with Gasteiger partial charge in [-0.25, -0.2) is 0 Å². The minimum absolute atomic E-state index is 0.00157. The topological polar surface area (TPSA) is 38.3 Å². The van der Waals surface area contributed by atoms with E-state index in [9.17, 15) is 4.79 Å². The minimum atomic E-state index is -0.00157. The van der Waals surface area contributed by atoms with Crippen LogP contribution < -0.4 is 10.1 Å². The van der Waals surface area contributed by atoms with E-state index in [1.165, 1.54) is 0 Å². The van der Waals surface area contributed by atoms with Crippen molar-refractivity contribution in [2.45, 2.75) is 6.54 Å². The average molecular weight is 289 g/mol. The summed E-state index contributed by atoms with van der Waals surface area (Å²) in [6.45, 7) is 0.578. The molecule has 0 unspecified atom stereocenters. The molecule has 1 N–H and O–H groups in total. The Hall–Kier alpha value is -0.780. The van der Waals surface area contributed by atoms with E-state index >= 15 is 0 Å². The van der Waals surface area contributed by atoms with Gasteiger partial charge in [0.1, 0.15) is 5.75 Å². The van der Waals surface area contributed by atoms with E-state index in [0.717, 1.165) is 20.4 Å². The summed E-state index contributed by atoms with van der Waals surface area (Å²) in [5, 5.41) is 2.78. The van der Waals surface area contributed by atoms with Gasteiger partial charge in [0.05, 0.1) is 12.7 Å². The highest BCUT2D eigenvalue weighted by Crippen LogP contribution is 2.29. The highest BCUT2D eigenvalue weighted by molar-refractivity contribution is 14.1. The van der Waals surface area contributed by atoms with Gasteiger partial charge in [0, 0.05) is 15.7 Å². The van der Waals surface area contributed by atoms with Crippen LogP contribution in [0.5, 0.6) is 5.75 Å². The van der Waals surface area contributed by atoms with Crippen molar-refractivity contribution in [3.8, 4) is 5.75 Å². The lowest BCUT2D eigenvalue weighted by Gasteiger charge is -2.05. The number of hydrogen-bond donors (Lipinski definition) is 1. The van der Waals surface area contributed by atoms with E-state index in [-0.39, 0.29) is 5.91 Å². The number of fused-ring (bicyclic) bond motifs is 1. The maximum Gasteiger partial charge on any atom is 0.253 e. The quantitative estimate of drug-likeness (QED) is 0.796. The molecule has 1 heterocycles. The Morgan fingerprint density at radius 2 is 2.31 bits per heavy atom. The lowest BCUT2D eigenvalue weighted by Crippen LogP contribution is -2.13. The Kier molecular flexibility index (Phi) is 2.15. The van der Waals surface area contributed by atoms with Gasteiger partial charge < -0.3 is 10.1 Å². The van der Waals surface area contributed by atoms with Crippen molar-refractivity contribution < 1.29 is 9.53 Å². The van der Waals surface area contributed by atoms with Gasteiger partial charge in [-0.3, -0.25) is 4.79 Å². The molecule has 0 aliphatic carbocycles. The molecule has 3 nitrogen and oxygen atoms in total. The molecule has 0 bridgehead atoms. The monoisotopic (exact) mass is 289 g/mol. The smallest absolute Gasteiger partial charge is 0.253 e. The second kappa shape index (κ2) is 3.17. The van der Waals surface area contributed by atoms with Crippen LogP contribution in [0.2, 0.25) is 0 Å². The Morgan fingerprint density at radius 3 is 3.00 bits per heavy atom. The lowest BCUT2D eigenvalue weighted by atomic mass is 10.1. The van der Waals surface area contributed by atoms with Gasteiger partial charge in [0.25, 0.3) is 5.91 Å². The third kappa shape index (κ3) is 1.29. The van der Waals surface area contributed by atoms with Crippen molar-refractivity contribution in [3.05, 3.63) is 26.8 Å². The van der Waals surface area contributed by atoms with Crippen LogP contribution in [0, 0.1) is 3.57 Å². The summed E-state index contributed by atoms with van der Waals surface area (Å²) >= 11 is 2.16. The predicted octanol–water partition coefficient (Wildman–Crippen LogP) is 1.54. The van der Waals surface area contributed by atoms with E-state index in [4.69, 9.17) is 4.74 Å². The van der Waals surface area contributed by atoms with Crippen molar-refractivity contribution in [3.63, 3.8) is 0 Å². The number of benzene rings is 1. The van der Waals surface area contributed by atoms with Crippen LogP contribution in [-0.4, -0.2) is 13.0 Å². The molecule has 1 aromatic rings. The van der Waals surface area contributed by atoms with E-state index in [1.54, 1.807) is 7.11 Å². The van der Waals surface area contributed by atoms with E-state index in [2.05, 4.69) is 27.9 Å². The van der Waals surface area contributed by atoms with Crippen LogP contribution in [0.1, 0.15) is 15.9 Å². The molecule has 0 fully saturated rings. The third-order valence-electron chi connectivity index (χ3n) is 2.09. The number of carbonyl (C=O) groups excluding carboxylic acids is 1. The first-order valence-electron chi connectivity index (χ1n) is 3.87. The second-order valence-corrected chi connectivity index (χ2v) is 3.95. The molecule has 0 saturated carbocycles. The molecule has 1 aliphatic heterocycles. The molecule has 4 heteroatoms. The first kappa shape index (κ1) is 8.80. The van der Waals surface area contributed by atoms with Gasteiger partial charge >= 0.3 is 0 Å². The van der Waals surface area contributed by atoms with Gasteiger partial charge in [-0.05, 0) is 34.7 Å². The molecular formula is C9H8INO2. The first-order valence-corrected chi connectivity index (χ1v) is 4.95. The van der Waals surface area contributed by atoms with Crippen LogP contribution in [0.4, 0.5) is 0 Å². The SMILES string of the molecule is COc1ccc(I)c2c1CNC2=O. The van der Waals surface area contributed by atoms with Crippen LogP contribution in [0.3, 0.4) is 0 Å². The van der Waals surface area contributed by atoms with Gasteiger partial charge in [-0.15, -0.1) is 0 Å². The highest BCUT2D eigenvalue weighted by atomic mass is 127. The van der Waals surface area contributed by atoms with Crippen molar-refractivity contribution in [1.29, 1.82) is 0 Å². The number of methoxy groups -OCH3 is 1. The molecule has 0 spiro atoms. The molecule has 13 heavy (non-hydrogen) atoms. The Bertz CT molecular complexity index is 376. The molecule has 2 rings (SSSR count). The Balaban J connectivity index is 2.65. The van der Waals surface area contributed by atoms with Gasteiger partial charge in [-0.2, -0.15) is 0 Å². The zero-order valence-electron chi connectivity index (χ0n) is 7.06. The van der Waals surface area contributed by atoms with Gasteiger partial charge in [0.15, 0.2) is 0 Å². The summed E-state index contributed by atoms with van der Waals surface area (Å²) in [7, 11) is 1.62. The van der Waals surface area contributed by atoms with Crippen LogP contribution in [0.15, 0.2) is 12.1 Å². The number of ether oxygens (including phenoxy) is 1. The molecule has 1 amide bonds. The maximum absolute atomic E-state index is 11.4. The molecule has 0 saturated heterocycles. The zero-order valence-corrected chi connectivity index (χ0v) is 9.21. The summed E-state index contributed by atoms with van der Waals surface area (Å²) in [5.41, 5.74) is 1.74. The summed E-state index contributed by atoms with van der Waals surface area (Å²) in [6, 6.07) is 3.78. The lowest BCUT2D eigenvalue weighted by molar-refractivity contribution is 0.0965. The molecule has 0 aromatic heterocycles. The summed E-state index contributed by atoms with van der Waals surface area (Å²) < 4.78 is 6.14. The fourth-order valence-electron chi connectivity index (χ4n) is 1.47. The van der Waals surface area contributed by atoms with E-state index in [1.807, 2.05) is 12.1 Å². The van der Waals surface area contributed by atoms with Crippen molar-refractivity contribution in [1.82, 2.24) is 5.32 Å². The molecule has 68 valence electrons. The Morgan fingerprint density at radius 1 is 1.54 bits per heavy atom. The van der Waals surface area contributed by atoms with Crippen LogP contribution >= 0.6 is 22.6 Å². The zero-order chi connectivity index (χ0) is 9.42. The summed E-state index contributed by atoms with van der Waals surface area (Å²) in [4.78, 5) is 11.4. The molecule has 0 atom stereocenters. The highest BCUT2D eigenvalue weighted by Gasteiger charge is 2.24. The molecule has 1 aromatic carbocycles. The third-order valence-corrected chi connectivity index (χ3v) is 2.99. The van der Waals surface area contributed by atoms with Crippen molar-refractivity contribution >= 4 is 28.5 Å². The number of carbonyl (C=O) groups is 1. The maximum atomic E-state index is 11.4. The fraction of sp³-hybridized carbons (Fsp3) is 0.222. The van der Waals surface area contributed by atoms with Crippen molar-refractivity contribution in [2.75, 3.05) is 7.11 Å². The van der Waals surface area contributed by atoms with E-state index in [0.29, 0.717) is 6.54 Å². The van der Waals surface area contributed by atoms with Crippen molar-refractivity contribution in [2.24, 2.45) is 0 Å². The van der Waals surface area contributed by atoms with Gasteiger partial charge in [-0.1, -0.05) is 0 Å². The van der Waals surface area contributed by atoms with Crippen LogP contribution in [0.25, 0.3) is 0 Å². The standard InChI is InChI=1S/C9H8INO2/c1-13-7-3-2-6(10)8-5(7)4-11-9(8)12/h2-3H,4H2,1H3,(H,11,12). The number of hydrogen-bond acceptors (Lipinski definition) is 2. The second-order valence-electron chi connectivity index (χ2n) is 2.79. The largest absolute Gasteiger partial charge is 0.496 e. The van der Waals surface area contributed by atoms with E-state index < -0.39 is 0 Å². The van der Waals surface area contributed by atoms with Gasteiger partial charge in [0.2, 0.25) is 0 Å². The van der Waals surface area contributed by atoms with Crippen LogP contribution in [-0.2, 0) is 6.54 Å². The number of nitrogens with one attached hydrogen (secondary N) is 1. The minimum Gasteiger partial charge on any atom is -0.496 e. The molecule has 0 radical (unpaired) electrons. The average Bonchev–Trinajstić information content (AvgIpc) is 2.50. The summed E-state index contributed by atoms with van der Waals surface area (Å²) in [6.07, 6.45) is 0. The normalized spacial score (nSPS) is 13.8. The predicted molar refractivity (Wildman–Crippen MR) is 56.9 cm³/mol.